The summed E-state index contributed by atoms with van der Waals surface area (Å²) >= 11 is 11.5. The predicted molar refractivity (Wildman–Crippen MR) is 97.9 cm³/mol. The number of sulfonamides is 1. The molecule has 0 aliphatic carbocycles. The van der Waals surface area contributed by atoms with Gasteiger partial charge in [0.15, 0.2) is 0 Å². The molecule has 1 atom stereocenters. The van der Waals surface area contributed by atoms with Crippen molar-refractivity contribution in [3.8, 4) is 11.6 Å². The van der Waals surface area contributed by atoms with E-state index < -0.39 is 44.5 Å². The Morgan fingerprint density at radius 3 is 2.63 bits per heavy atom. The van der Waals surface area contributed by atoms with Gasteiger partial charge in [0.25, 0.3) is 0 Å². The average molecular weight is 442 g/mol. The lowest BCUT2D eigenvalue weighted by Gasteiger charge is -2.23. The molecule has 1 aromatic carbocycles. The van der Waals surface area contributed by atoms with Crippen molar-refractivity contribution in [1.29, 1.82) is 0 Å². The molecule has 1 aliphatic rings. The third-order valence-corrected chi connectivity index (χ3v) is 6.83. The van der Waals surface area contributed by atoms with E-state index in [-0.39, 0.29) is 35.9 Å². The van der Waals surface area contributed by atoms with Crippen molar-refractivity contribution in [3.63, 3.8) is 0 Å². The van der Waals surface area contributed by atoms with Crippen LogP contribution < -0.4 is 9.99 Å². The summed E-state index contributed by atoms with van der Waals surface area (Å²) in [7, 11) is -3.93. The van der Waals surface area contributed by atoms with E-state index in [9.17, 15) is 27.1 Å². The van der Waals surface area contributed by atoms with Crippen molar-refractivity contribution in [2.45, 2.75) is 26.1 Å². The van der Waals surface area contributed by atoms with Crippen LogP contribution in [-0.4, -0.2) is 40.6 Å². The van der Waals surface area contributed by atoms with Crippen LogP contribution in [0, 0.1) is 5.82 Å². The first-order valence-corrected chi connectivity index (χ1v) is 10.4. The van der Waals surface area contributed by atoms with Gasteiger partial charge in [0, 0.05) is 13.0 Å². The fourth-order valence-corrected chi connectivity index (χ4v) is 4.74. The highest BCUT2D eigenvalue weighted by molar-refractivity contribution is 7.93. The number of aromatic nitrogens is 2. The Balaban J connectivity index is 2.23. The lowest BCUT2D eigenvalue weighted by molar-refractivity contribution is 0.323. The van der Waals surface area contributed by atoms with Gasteiger partial charge in [-0.1, -0.05) is 11.6 Å². The minimum atomic E-state index is -3.93. The molecule has 0 unspecified atom stereocenters. The normalized spacial score (nSPS) is 16.6. The number of anilines is 1. The number of rotatable bonds is 5. The molecule has 27 heavy (non-hydrogen) atoms. The maximum atomic E-state index is 14.5. The van der Waals surface area contributed by atoms with Crippen LogP contribution in [0.4, 0.5) is 14.5 Å². The monoisotopic (exact) mass is 441 g/mol. The molecule has 1 N–H and O–H groups in total. The summed E-state index contributed by atoms with van der Waals surface area (Å²) in [6.07, 6.45) is -1.50. The van der Waals surface area contributed by atoms with Gasteiger partial charge >= 0.3 is 5.69 Å². The first-order chi connectivity index (χ1) is 12.6. The van der Waals surface area contributed by atoms with E-state index in [1.807, 2.05) is 0 Å². The zero-order valence-corrected chi connectivity index (χ0v) is 16.3. The second-order valence-corrected chi connectivity index (χ2v) is 8.83. The van der Waals surface area contributed by atoms with Crippen molar-refractivity contribution in [3.05, 3.63) is 39.2 Å². The van der Waals surface area contributed by atoms with Gasteiger partial charge in [-0.25, -0.2) is 26.6 Å². The summed E-state index contributed by atoms with van der Waals surface area (Å²) in [4.78, 5) is 12.5. The Bertz CT molecular complexity index is 1070. The number of hydrogen-bond acceptors (Lipinski definition) is 4. The van der Waals surface area contributed by atoms with E-state index >= 15 is 0 Å². The molecule has 0 radical (unpaired) electrons. The van der Waals surface area contributed by atoms with Gasteiger partial charge < -0.3 is 5.11 Å². The van der Waals surface area contributed by atoms with Crippen LogP contribution in [-0.2, 0) is 23.0 Å². The van der Waals surface area contributed by atoms with Gasteiger partial charge in [-0.3, -0.25) is 8.87 Å². The van der Waals surface area contributed by atoms with Crippen molar-refractivity contribution < 1.29 is 22.3 Å². The predicted octanol–water partition coefficient (Wildman–Crippen LogP) is 2.38. The first kappa shape index (κ1) is 20.0. The van der Waals surface area contributed by atoms with Crippen molar-refractivity contribution >= 4 is 38.9 Å². The highest BCUT2D eigenvalue weighted by Crippen LogP contribution is 2.35. The SMILES string of the molecule is CCN(c1cc(-n2c(O)c3n(c2=O)C[C@@H](F)C3)c(F)cc1Cl)S(=O)(=O)CCl. The standard InChI is InChI=1S/C15H15Cl2F2N3O4S/c1-2-21(27(25,26)7-16)11-5-12(10(19)4-9(11)17)22-14(23)13-3-8(18)6-20(13)15(22)24/h4-5,8,23H,2-3,6-7H2,1H3/t8-/m0/s1. The van der Waals surface area contributed by atoms with Crippen molar-refractivity contribution in [1.82, 2.24) is 9.13 Å². The number of benzene rings is 1. The largest absolute Gasteiger partial charge is 0.493 e. The molecular weight excluding hydrogens is 427 g/mol. The van der Waals surface area contributed by atoms with E-state index in [2.05, 4.69) is 0 Å². The number of hydrogen-bond donors (Lipinski definition) is 1. The summed E-state index contributed by atoms with van der Waals surface area (Å²) < 4.78 is 54.9. The molecule has 1 aromatic heterocycles. The number of aromatic hydroxyl groups is 1. The molecule has 0 amide bonds. The minimum Gasteiger partial charge on any atom is -0.493 e. The van der Waals surface area contributed by atoms with Crippen LogP contribution in [0.1, 0.15) is 12.6 Å². The van der Waals surface area contributed by atoms with Gasteiger partial charge in [0.2, 0.25) is 15.9 Å². The maximum Gasteiger partial charge on any atom is 0.336 e. The number of imidazole rings is 1. The Hall–Kier alpha value is -1.78. The van der Waals surface area contributed by atoms with E-state index in [1.54, 1.807) is 0 Å². The van der Waals surface area contributed by atoms with Crippen LogP contribution in [0.5, 0.6) is 5.88 Å². The zero-order valence-electron chi connectivity index (χ0n) is 14.0. The fourth-order valence-electron chi connectivity index (χ4n) is 3.12. The van der Waals surface area contributed by atoms with Crippen LogP contribution in [0.15, 0.2) is 16.9 Å². The van der Waals surface area contributed by atoms with E-state index in [4.69, 9.17) is 23.2 Å². The smallest absolute Gasteiger partial charge is 0.336 e. The zero-order chi connectivity index (χ0) is 20.1. The summed E-state index contributed by atoms with van der Waals surface area (Å²) in [6, 6.07) is 1.88. The topological polar surface area (TPSA) is 84.5 Å². The molecular formula is C15H15Cl2F2N3O4S. The first-order valence-electron chi connectivity index (χ1n) is 7.85. The molecule has 1 aliphatic heterocycles. The lowest BCUT2D eigenvalue weighted by atomic mass is 10.2. The number of nitrogens with zero attached hydrogens (tertiary/aromatic N) is 3. The number of halogens is 4. The Labute approximate surface area is 163 Å². The van der Waals surface area contributed by atoms with Crippen LogP contribution in [0.25, 0.3) is 5.69 Å². The van der Waals surface area contributed by atoms with Crippen molar-refractivity contribution in [2.75, 3.05) is 16.1 Å². The molecule has 0 fully saturated rings. The van der Waals surface area contributed by atoms with Gasteiger partial charge in [-0.05, 0) is 19.1 Å². The molecule has 12 heteroatoms. The van der Waals surface area contributed by atoms with E-state index in [0.717, 1.165) is 21.0 Å². The van der Waals surface area contributed by atoms with Gasteiger partial charge in [0.05, 0.1) is 28.6 Å². The van der Waals surface area contributed by atoms with Crippen LogP contribution in [0.3, 0.4) is 0 Å². The van der Waals surface area contributed by atoms with E-state index in [1.165, 1.54) is 6.92 Å². The second-order valence-electron chi connectivity index (χ2n) is 5.94. The quantitative estimate of drug-likeness (QED) is 0.721. The molecule has 0 spiro atoms. The summed E-state index contributed by atoms with van der Waals surface area (Å²) in [5, 5.41) is 9.37. The second kappa shape index (κ2) is 6.99. The number of alkyl halides is 2. The van der Waals surface area contributed by atoms with Crippen LogP contribution in [0.2, 0.25) is 5.02 Å². The molecule has 0 saturated carbocycles. The average Bonchev–Trinajstić information content (AvgIpc) is 3.09. The lowest BCUT2D eigenvalue weighted by Crippen LogP contribution is -2.32. The highest BCUT2D eigenvalue weighted by Gasteiger charge is 2.32. The Morgan fingerprint density at radius 1 is 1.41 bits per heavy atom. The molecule has 3 rings (SSSR count). The third kappa shape index (κ3) is 3.19. The van der Waals surface area contributed by atoms with Crippen molar-refractivity contribution in [2.24, 2.45) is 0 Å². The van der Waals surface area contributed by atoms with E-state index in [0.29, 0.717) is 4.57 Å². The van der Waals surface area contributed by atoms with Gasteiger partial charge in [-0.2, -0.15) is 0 Å². The molecule has 2 aromatic rings. The molecule has 0 saturated heterocycles. The van der Waals surface area contributed by atoms with Gasteiger partial charge in [-0.15, -0.1) is 11.6 Å². The molecule has 7 nitrogen and oxygen atoms in total. The molecule has 148 valence electrons. The van der Waals surface area contributed by atoms with Gasteiger partial charge in [0.1, 0.15) is 17.2 Å². The summed E-state index contributed by atoms with van der Waals surface area (Å²) in [5.41, 5.74) is -1.29. The summed E-state index contributed by atoms with van der Waals surface area (Å²) in [5.74, 6) is -1.56. The summed E-state index contributed by atoms with van der Waals surface area (Å²) in [6.45, 7) is 1.23. The molecule has 2 heterocycles. The maximum absolute atomic E-state index is 14.5. The Kier molecular flexibility index (Phi) is 5.17. The number of fused-ring (bicyclic) bond motifs is 1. The minimum absolute atomic E-state index is 0.0451. The Morgan fingerprint density at radius 2 is 2.07 bits per heavy atom. The fraction of sp³-hybridized carbons (Fsp3) is 0.400. The third-order valence-electron chi connectivity index (χ3n) is 4.30. The highest BCUT2D eigenvalue weighted by atomic mass is 35.5. The molecule has 0 bridgehead atoms. The van der Waals surface area contributed by atoms with Crippen LogP contribution >= 0.6 is 23.2 Å².